The molecule has 4 nitrogen and oxygen atoms in total. The molecule has 0 spiro atoms. The van der Waals surface area contributed by atoms with Crippen LogP contribution in [0.1, 0.15) is 19.7 Å². The predicted octanol–water partition coefficient (Wildman–Crippen LogP) is 3.17. The van der Waals surface area contributed by atoms with Gasteiger partial charge in [0, 0.05) is 31.5 Å². The van der Waals surface area contributed by atoms with Crippen LogP contribution in [-0.2, 0) is 13.0 Å². The highest BCUT2D eigenvalue weighted by molar-refractivity contribution is 6.17. The minimum absolute atomic E-state index is 0.589. The minimum Gasteiger partial charge on any atom is -0.497 e. The number of ether oxygens (including phenoxy) is 1. The van der Waals surface area contributed by atoms with Gasteiger partial charge in [-0.15, -0.1) is 11.6 Å². The van der Waals surface area contributed by atoms with E-state index in [0.717, 1.165) is 55.2 Å². The maximum Gasteiger partial charge on any atom is 0.121 e. The van der Waals surface area contributed by atoms with Gasteiger partial charge in [0.25, 0.3) is 0 Å². The lowest BCUT2D eigenvalue weighted by molar-refractivity contribution is 0.290. The molecule has 1 aromatic heterocycles. The number of methoxy groups -OCH3 is 1. The van der Waals surface area contributed by atoms with Crippen molar-refractivity contribution in [1.29, 1.82) is 0 Å². The topological polar surface area (TPSA) is 30.3 Å². The molecule has 21 heavy (non-hydrogen) atoms. The number of hydrogen-bond donors (Lipinski definition) is 0. The summed E-state index contributed by atoms with van der Waals surface area (Å²) in [5, 5.41) is 0. The van der Waals surface area contributed by atoms with E-state index in [1.807, 2.05) is 12.1 Å². The number of rotatable bonds is 8. The van der Waals surface area contributed by atoms with E-state index in [1.54, 1.807) is 7.11 Å². The number of likely N-dealkylation sites (N-methyl/N-ethyl adjacent to an activating group) is 1. The van der Waals surface area contributed by atoms with Gasteiger partial charge in [-0.3, -0.25) is 0 Å². The van der Waals surface area contributed by atoms with Gasteiger partial charge >= 0.3 is 0 Å². The SMILES string of the molecule is CCN(CC)CCn1c(CCCl)nc2ccc(OC)cc21. The Labute approximate surface area is 131 Å². The van der Waals surface area contributed by atoms with Crippen molar-refractivity contribution in [3.8, 4) is 5.75 Å². The Kier molecular flexibility index (Phi) is 5.88. The van der Waals surface area contributed by atoms with Crippen molar-refractivity contribution in [1.82, 2.24) is 14.5 Å². The zero-order chi connectivity index (χ0) is 15.2. The van der Waals surface area contributed by atoms with E-state index in [9.17, 15) is 0 Å². The Bertz CT molecular complexity index is 578. The Morgan fingerprint density at radius 2 is 2.05 bits per heavy atom. The number of benzene rings is 1. The fourth-order valence-corrected chi connectivity index (χ4v) is 2.75. The van der Waals surface area contributed by atoms with Gasteiger partial charge < -0.3 is 14.2 Å². The molecule has 1 aromatic carbocycles. The van der Waals surface area contributed by atoms with Crippen LogP contribution in [0.3, 0.4) is 0 Å². The van der Waals surface area contributed by atoms with E-state index < -0.39 is 0 Å². The molecule has 0 radical (unpaired) electrons. The molecule has 0 saturated heterocycles. The van der Waals surface area contributed by atoms with Gasteiger partial charge in [0.2, 0.25) is 0 Å². The normalized spacial score (nSPS) is 11.5. The van der Waals surface area contributed by atoms with Crippen molar-refractivity contribution >= 4 is 22.6 Å². The average molecular weight is 310 g/mol. The highest BCUT2D eigenvalue weighted by Gasteiger charge is 2.12. The summed E-state index contributed by atoms with van der Waals surface area (Å²) < 4.78 is 7.61. The summed E-state index contributed by atoms with van der Waals surface area (Å²) in [6.07, 6.45) is 0.788. The third-order valence-corrected chi connectivity index (χ3v) is 4.08. The van der Waals surface area contributed by atoms with Crippen molar-refractivity contribution in [2.45, 2.75) is 26.8 Å². The monoisotopic (exact) mass is 309 g/mol. The van der Waals surface area contributed by atoms with Gasteiger partial charge in [-0.25, -0.2) is 4.98 Å². The van der Waals surface area contributed by atoms with Gasteiger partial charge in [0.1, 0.15) is 11.6 Å². The molecule has 2 aromatic rings. The summed E-state index contributed by atoms with van der Waals surface area (Å²) in [6.45, 7) is 8.47. The smallest absolute Gasteiger partial charge is 0.121 e. The molecule has 5 heteroatoms. The molecule has 0 bridgehead atoms. The molecular formula is C16H24ClN3O. The second-order valence-corrected chi connectivity index (χ2v) is 5.38. The number of imidazole rings is 1. The first-order valence-electron chi connectivity index (χ1n) is 7.54. The number of halogens is 1. The molecule has 0 aliphatic rings. The Hall–Kier alpha value is -1.26. The van der Waals surface area contributed by atoms with Crippen LogP contribution in [0.15, 0.2) is 18.2 Å². The summed E-state index contributed by atoms with van der Waals surface area (Å²) >= 11 is 5.92. The Morgan fingerprint density at radius 3 is 2.67 bits per heavy atom. The van der Waals surface area contributed by atoms with Crippen molar-refractivity contribution in [2.24, 2.45) is 0 Å². The van der Waals surface area contributed by atoms with Crippen LogP contribution in [0.2, 0.25) is 0 Å². The van der Waals surface area contributed by atoms with Crippen molar-refractivity contribution in [2.75, 3.05) is 32.6 Å². The fourth-order valence-electron chi connectivity index (χ4n) is 2.59. The molecule has 116 valence electrons. The van der Waals surface area contributed by atoms with Crippen LogP contribution in [0.5, 0.6) is 5.75 Å². The second-order valence-electron chi connectivity index (χ2n) is 5.00. The molecule has 0 fully saturated rings. The van der Waals surface area contributed by atoms with E-state index in [0.29, 0.717) is 5.88 Å². The van der Waals surface area contributed by atoms with E-state index in [1.165, 1.54) is 0 Å². The molecular weight excluding hydrogens is 286 g/mol. The third kappa shape index (κ3) is 3.69. The zero-order valence-corrected chi connectivity index (χ0v) is 13.9. The number of hydrogen-bond acceptors (Lipinski definition) is 3. The molecule has 0 aliphatic carbocycles. The summed E-state index contributed by atoms with van der Waals surface area (Å²) in [5.74, 6) is 2.51. The summed E-state index contributed by atoms with van der Waals surface area (Å²) in [6, 6.07) is 6.02. The Balaban J connectivity index is 2.34. The highest BCUT2D eigenvalue weighted by Crippen LogP contribution is 2.22. The number of nitrogens with zero attached hydrogens (tertiary/aromatic N) is 3. The van der Waals surface area contributed by atoms with Crippen LogP contribution in [0, 0.1) is 0 Å². The van der Waals surface area contributed by atoms with Crippen molar-refractivity contribution < 1.29 is 4.74 Å². The molecule has 0 unspecified atom stereocenters. The Morgan fingerprint density at radius 1 is 1.29 bits per heavy atom. The second kappa shape index (κ2) is 7.66. The molecule has 0 aliphatic heterocycles. The zero-order valence-electron chi connectivity index (χ0n) is 13.1. The first-order chi connectivity index (χ1) is 10.2. The van der Waals surface area contributed by atoms with Gasteiger partial charge in [0.15, 0.2) is 0 Å². The third-order valence-electron chi connectivity index (χ3n) is 3.89. The maximum atomic E-state index is 5.92. The molecule has 0 N–H and O–H groups in total. The lowest BCUT2D eigenvalue weighted by Crippen LogP contribution is -2.27. The van der Waals surface area contributed by atoms with E-state index in [2.05, 4.69) is 29.4 Å². The summed E-state index contributed by atoms with van der Waals surface area (Å²) in [4.78, 5) is 7.13. The highest BCUT2D eigenvalue weighted by atomic mass is 35.5. The number of fused-ring (bicyclic) bond motifs is 1. The van der Waals surface area contributed by atoms with Crippen molar-refractivity contribution in [3.05, 3.63) is 24.0 Å². The first-order valence-corrected chi connectivity index (χ1v) is 8.08. The van der Waals surface area contributed by atoms with E-state index in [4.69, 9.17) is 21.3 Å². The lowest BCUT2D eigenvalue weighted by atomic mass is 10.3. The van der Waals surface area contributed by atoms with Crippen molar-refractivity contribution in [3.63, 3.8) is 0 Å². The first kappa shape index (κ1) is 16.1. The molecule has 2 rings (SSSR count). The summed E-state index contributed by atoms with van der Waals surface area (Å²) in [7, 11) is 1.69. The van der Waals surface area contributed by atoms with Crippen LogP contribution < -0.4 is 4.74 Å². The maximum absolute atomic E-state index is 5.92. The molecule has 1 heterocycles. The van der Waals surface area contributed by atoms with Gasteiger partial charge in [-0.05, 0) is 25.2 Å². The molecule has 0 saturated carbocycles. The van der Waals surface area contributed by atoms with Gasteiger partial charge in [0.05, 0.1) is 18.1 Å². The standard InChI is InChI=1S/C16H24ClN3O/c1-4-19(5-2)10-11-20-15-12-13(21-3)6-7-14(15)18-16(20)8-9-17/h6-7,12H,4-5,8-11H2,1-3H3. The van der Waals surface area contributed by atoms with Gasteiger partial charge in [-0.2, -0.15) is 0 Å². The lowest BCUT2D eigenvalue weighted by Gasteiger charge is -2.19. The van der Waals surface area contributed by atoms with E-state index in [-0.39, 0.29) is 0 Å². The minimum atomic E-state index is 0.589. The predicted molar refractivity (Wildman–Crippen MR) is 88.5 cm³/mol. The van der Waals surface area contributed by atoms with Crippen LogP contribution >= 0.6 is 11.6 Å². The van der Waals surface area contributed by atoms with Crippen LogP contribution in [0.4, 0.5) is 0 Å². The summed E-state index contributed by atoms with van der Waals surface area (Å²) in [5.41, 5.74) is 2.14. The largest absolute Gasteiger partial charge is 0.497 e. The average Bonchev–Trinajstić information content (AvgIpc) is 2.85. The quantitative estimate of drug-likeness (QED) is 0.702. The number of aromatic nitrogens is 2. The van der Waals surface area contributed by atoms with Gasteiger partial charge in [-0.1, -0.05) is 13.8 Å². The van der Waals surface area contributed by atoms with Crippen LogP contribution in [0.25, 0.3) is 11.0 Å². The number of alkyl halides is 1. The fraction of sp³-hybridized carbons (Fsp3) is 0.562. The van der Waals surface area contributed by atoms with Crippen LogP contribution in [-0.4, -0.2) is 47.1 Å². The molecule has 0 amide bonds. The number of aryl methyl sites for hydroxylation is 1. The molecule has 0 atom stereocenters. The van der Waals surface area contributed by atoms with E-state index >= 15 is 0 Å².